The molecule has 4 aromatic rings. The Kier molecular flexibility index (Phi) is 6.28. The van der Waals surface area contributed by atoms with Gasteiger partial charge >= 0.3 is 6.09 Å². The summed E-state index contributed by atoms with van der Waals surface area (Å²) in [5.41, 5.74) is 4.32. The van der Waals surface area contributed by atoms with Crippen LogP contribution in [0.3, 0.4) is 0 Å². The fraction of sp³-hybridized carbons (Fsp3) is 0.240. The number of halogens is 2. The van der Waals surface area contributed by atoms with E-state index < -0.39 is 12.5 Å². The van der Waals surface area contributed by atoms with Gasteiger partial charge in [0.25, 0.3) is 12.3 Å². The highest BCUT2D eigenvalue weighted by atomic mass is 19.3. The van der Waals surface area contributed by atoms with Crippen LogP contribution >= 0.6 is 0 Å². The van der Waals surface area contributed by atoms with Crippen LogP contribution in [0.5, 0.6) is 0 Å². The van der Waals surface area contributed by atoms with Crippen molar-refractivity contribution in [2.45, 2.75) is 25.8 Å². The molecule has 0 aliphatic carbocycles. The molecule has 184 valence electrons. The summed E-state index contributed by atoms with van der Waals surface area (Å²) in [4.78, 5) is 31.6. The number of carbonyl (C=O) groups excluding carboxylic acids is 1. The van der Waals surface area contributed by atoms with Crippen molar-refractivity contribution >= 4 is 22.9 Å². The van der Waals surface area contributed by atoms with E-state index in [2.05, 4.69) is 20.6 Å². The molecule has 0 atom stereocenters. The highest BCUT2D eigenvalue weighted by Crippen LogP contribution is 2.38. The molecule has 0 bridgehead atoms. The molecule has 36 heavy (non-hydrogen) atoms. The van der Waals surface area contributed by atoms with Crippen molar-refractivity contribution < 1.29 is 23.5 Å². The smallest absolute Gasteiger partial charge is 0.404 e. The molecule has 4 heterocycles. The number of carbonyl (C=O) groups is 2. The second kappa shape index (κ2) is 9.68. The van der Waals surface area contributed by atoms with Gasteiger partial charge in [-0.25, -0.2) is 18.6 Å². The molecular weight excluding hydrogens is 470 g/mol. The van der Waals surface area contributed by atoms with Gasteiger partial charge in [-0.3, -0.25) is 14.5 Å². The van der Waals surface area contributed by atoms with Crippen molar-refractivity contribution in [3.8, 4) is 22.5 Å². The van der Waals surface area contributed by atoms with Gasteiger partial charge in [-0.1, -0.05) is 12.1 Å². The Bertz CT molecular complexity index is 1470. The first-order valence-electron chi connectivity index (χ1n) is 11.4. The summed E-state index contributed by atoms with van der Waals surface area (Å²) < 4.78 is 28.5. The second-order valence-corrected chi connectivity index (χ2v) is 8.36. The first-order valence-corrected chi connectivity index (χ1v) is 11.4. The van der Waals surface area contributed by atoms with Crippen molar-refractivity contribution in [3.05, 3.63) is 65.6 Å². The lowest BCUT2D eigenvalue weighted by molar-refractivity contribution is 0.0953. The van der Waals surface area contributed by atoms with Crippen LogP contribution in [0.2, 0.25) is 0 Å². The number of hydrogen-bond donors (Lipinski definition) is 3. The molecule has 3 aromatic heterocycles. The van der Waals surface area contributed by atoms with E-state index in [9.17, 15) is 18.4 Å². The Hall–Kier alpha value is -4.41. The van der Waals surface area contributed by atoms with Crippen LogP contribution in [-0.2, 0) is 13.0 Å². The summed E-state index contributed by atoms with van der Waals surface area (Å²) in [6.07, 6.45) is -0.633. The van der Waals surface area contributed by atoms with Crippen molar-refractivity contribution in [2.75, 3.05) is 13.1 Å². The number of rotatable bonds is 7. The Morgan fingerprint density at radius 1 is 1.11 bits per heavy atom. The second-order valence-electron chi connectivity index (χ2n) is 8.36. The molecule has 1 aliphatic rings. The average molecular weight is 492 g/mol. The summed E-state index contributed by atoms with van der Waals surface area (Å²) in [6, 6.07) is 11.9. The maximum absolute atomic E-state index is 13.3. The maximum Gasteiger partial charge on any atom is 0.404 e. The number of alkyl halides is 2. The Balaban J connectivity index is 1.51. The molecule has 5 rings (SSSR count). The number of nitrogens with one attached hydrogen (secondary N) is 2. The van der Waals surface area contributed by atoms with E-state index in [0.29, 0.717) is 22.5 Å². The number of nitrogens with zero attached hydrogens (tertiary/aromatic N) is 4. The van der Waals surface area contributed by atoms with Crippen LogP contribution in [0, 0.1) is 0 Å². The highest BCUT2D eigenvalue weighted by Gasteiger charge is 2.25. The minimum absolute atomic E-state index is 0.0859. The number of fused-ring (bicyclic) bond motifs is 2. The van der Waals surface area contributed by atoms with Crippen molar-refractivity contribution in [1.29, 1.82) is 0 Å². The van der Waals surface area contributed by atoms with Crippen LogP contribution in [-0.4, -0.2) is 49.9 Å². The summed E-state index contributed by atoms with van der Waals surface area (Å²) in [5.74, 6) is -0.373. The van der Waals surface area contributed by atoms with Crippen LogP contribution < -0.4 is 10.6 Å². The van der Waals surface area contributed by atoms with E-state index in [0.717, 1.165) is 41.6 Å². The lowest BCUT2D eigenvalue weighted by Gasteiger charge is -2.09. The molecular formula is C25H22F2N6O3. The topological polar surface area (TPSA) is 122 Å². The third-order valence-electron chi connectivity index (χ3n) is 6.00. The first-order chi connectivity index (χ1) is 17.4. The zero-order valence-corrected chi connectivity index (χ0v) is 19.0. The third kappa shape index (κ3) is 4.59. The van der Waals surface area contributed by atoms with Gasteiger partial charge in [-0.05, 0) is 48.7 Å². The van der Waals surface area contributed by atoms with E-state index in [1.807, 2.05) is 22.9 Å². The number of aryl methyl sites for hydroxylation is 1. The Morgan fingerprint density at radius 2 is 1.94 bits per heavy atom. The van der Waals surface area contributed by atoms with Crippen LogP contribution in [0.25, 0.3) is 33.4 Å². The molecule has 11 heteroatoms. The van der Waals surface area contributed by atoms with Crippen molar-refractivity contribution in [3.63, 3.8) is 0 Å². The molecule has 0 saturated heterocycles. The third-order valence-corrected chi connectivity index (χ3v) is 6.00. The lowest BCUT2D eigenvalue weighted by atomic mass is 9.98. The van der Waals surface area contributed by atoms with Gasteiger partial charge in [-0.15, -0.1) is 0 Å². The molecule has 0 spiro atoms. The monoisotopic (exact) mass is 492 g/mol. The van der Waals surface area contributed by atoms with Gasteiger partial charge in [-0.2, -0.15) is 5.10 Å². The summed E-state index contributed by atoms with van der Waals surface area (Å²) >= 11 is 0. The molecule has 1 aromatic carbocycles. The number of pyridine rings is 2. The molecule has 0 fully saturated rings. The van der Waals surface area contributed by atoms with E-state index in [4.69, 9.17) is 10.2 Å². The lowest BCUT2D eigenvalue weighted by Crippen LogP contribution is -2.33. The minimum Gasteiger partial charge on any atom is -0.465 e. The van der Waals surface area contributed by atoms with Crippen LogP contribution in [0.1, 0.15) is 34.6 Å². The predicted octanol–water partition coefficient (Wildman–Crippen LogP) is 4.04. The van der Waals surface area contributed by atoms with E-state index >= 15 is 0 Å². The van der Waals surface area contributed by atoms with E-state index in [1.165, 1.54) is 12.3 Å². The minimum atomic E-state index is -2.68. The fourth-order valence-electron chi connectivity index (χ4n) is 4.38. The number of aromatic nitrogens is 4. The predicted molar refractivity (Wildman–Crippen MR) is 128 cm³/mol. The Labute approximate surface area is 204 Å². The average Bonchev–Trinajstić information content (AvgIpc) is 3.47. The first kappa shape index (κ1) is 23.3. The molecule has 0 unspecified atom stereocenters. The van der Waals surface area contributed by atoms with Gasteiger partial charge in [0, 0.05) is 42.5 Å². The van der Waals surface area contributed by atoms with Gasteiger partial charge in [0.15, 0.2) is 0 Å². The van der Waals surface area contributed by atoms with Crippen LogP contribution in [0.4, 0.5) is 13.6 Å². The van der Waals surface area contributed by atoms with E-state index in [-0.39, 0.29) is 24.7 Å². The largest absolute Gasteiger partial charge is 0.465 e. The number of carboxylic acid groups (broad SMARTS) is 1. The van der Waals surface area contributed by atoms with Gasteiger partial charge in [0.05, 0.1) is 16.8 Å². The van der Waals surface area contributed by atoms with Gasteiger partial charge in [0.2, 0.25) is 0 Å². The van der Waals surface area contributed by atoms with Gasteiger partial charge in [0.1, 0.15) is 11.4 Å². The normalized spacial score (nSPS) is 12.6. The van der Waals surface area contributed by atoms with E-state index in [1.54, 1.807) is 18.2 Å². The zero-order valence-electron chi connectivity index (χ0n) is 19.0. The number of amides is 2. The molecule has 3 N–H and O–H groups in total. The molecule has 9 nitrogen and oxygen atoms in total. The maximum atomic E-state index is 13.3. The molecule has 2 amide bonds. The Morgan fingerprint density at radius 3 is 2.75 bits per heavy atom. The van der Waals surface area contributed by atoms with Crippen molar-refractivity contribution in [1.82, 2.24) is 30.4 Å². The highest BCUT2D eigenvalue weighted by molar-refractivity contribution is 5.98. The molecule has 1 aliphatic heterocycles. The summed E-state index contributed by atoms with van der Waals surface area (Å²) in [6.45, 7) is 0.968. The fourth-order valence-corrected chi connectivity index (χ4v) is 4.38. The summed E-state index contributed by atoms with van der Waals surface area (Å²) in [5, 5.41) is 18.9. The van der Waals surface area contributed by atoms with Crippen molar-refractivity contribution in [2.24, 2.45) is 0 Å². The molecule has 0 radical (unpaired) electrons. The van der Waals surface area contributed by atoms with Crippen LogP contribution in [0.15, 0.2) is 48.7 Å². The number of benzene rings is 1. The zero-order chi connectivity index (χ0) is 25.2. The van der Waals surface area contributed by atoms with Gasteiger partial charge < -0.3 is 15.7 Å². The SMILES string of the molecule is O=C(O)NCCNC(=O)c1cnc2ccc(-c3c(-c4cccc(C(F)F)n4)nn4c3CCC4)cc2c1. The number of hydrogen-bond acceptors (Lipinski definition) is 5. The summed E-state index contributed by atoms with van der Waals surface area (Å²) in [7, 11) is 0. The molecule has 0 saturated carbocycles. The quantitative estimate of drug-likeness (QED) is 0.335. The standard InChI is InChI=1S/C25H22F2N6O3/c26-23(27)19-4-1-3-18(31-19)22-21(20-5-2-10-33(20)32-22)14-6-7-17-15(11-14)12-16(13-30-17)24(34)28-8-9-29-25(35)36/h1,3-4,6-7,11-13,23,29H,2,5,8-10H2,(H,28,34)(H,35,36).